The zero-order chi connectivity index (χ0) is 39.6. The quantitative estimate of drug-likeness (QED) is 0.172. The molecular formula is C57H37NOS. The maximum Gasteiger partial charge on any atom is 0.132 e. The molecule has 0 bridgehead atoms. The third-order valence-electron chi connectivity index (χ3n) is 12.4. The Morgan fingerprint density at radius 3 is 1.72 bits per heavy atom. The molecule has 0 saturated heterocycles. The van der Waals surface area contributed by atoms with Crippen molar-refractivity contribution in [2.24, 2.45) is 0 Å². The number of nitrogens with zero attached hydrogens (tertiary/aromatic N) is 1. The molecule has 2 nitrogen and oxygen atoms in total. The topological polar surface area (TPSA) is 12.5 Å². The molecule has 0 aromatic heterocycles. The van der Waals surface area contributed by atoms with Crippen molar-refractivity contribution in [3.8, 4) is 33.8 Å². The van der Waals surface area contributed by atoms with Crippen molar-refractivity contribution in [1.29, 1.82) is 0 Å². The molecule has 2 aliphatic heterocycles. The summed E-state index contributed by atoms with van der Waals surface area (Å²) in [5.74, 6) is 1.78. The van der Waals surface area contributed by atoms with Crippen molar-refractivity contribution in [1.82, 2.24) is 0 Å². The van der Waals surface area contributed by atoms with Crippen LogP contribution in [0, 0.1) is 0 Å². The van der Waals surface area contributed by atoms with Gasteiger partial charge >= 0.3 is 0 Å². The maximum absolute atomic E-state index is 6.82. The number of benzene rings is 10. The lowest BCUT2D eigenvalue weighted by molar-refractivity contribution is 0.431. The predicted octanol–water partition coefficient (Wildman–Crippen LogP) is 15.7. The third kappa shape index (κ3) is 5.29. The minimum absolute atomic E-state index is 0.564. The van der Waals surface area contributed by atoms with E-state index in [2.05, 4.69) is 229 Å². The zero-order valence-corrected chi connectivity index (χ0v) is 33.4. The Labute approximate surface area is 354 Å². The van der Waals surface area contributed by atoms with Crippen molar-refractivity contribution in [3.05, 3.63) is 247 Å². The van der Waals surface area contributed by atoms with Gasteiger partial charge in [0.1, 0.15) is 11.5 Å². The molecule has 0 aliphatic carbocycles. The van der Waals surface area contributed by atoms with Gasteiger partial charge in [0.2, 0.25) is 0 Å². The van der Waals surface area contributed by atoms with Crippen molar-refractivity contribution >= 4 is 50.4 Å². The van der Waals surface area contributed by atoms with Crippen LogP contribution in [0.2, 0.25) is 0 Å². The van der Waals surface area contributed by atoms with Crippen LogP contribution in [0.1, 0.15) is 22.3 Å². The first-order valence-corrected chi connectivity index (χ1v) is 21.3. The van der Waals surface area contributed by atoms with Gasteiger partial charge in [-0.1, -0.05) is 182 Å². The van der Waals surface area contributed by atoms with Crippen LogP contribution in [0.5, 0.6) is 11.5 Å². The molecule has 2 heterocycles. The van der Waals surface area contributed by atoms with Gasteiger partial charge in [-0.2, -0.15) is 0 Å². The third-order valence-corrected chi connectivity index (χ3v) is 13.5. The second-order valence-corrected chi connectivity index (χ2v) is 16.7. The van der Waals surface area contributed by atoms with Gasteiger partial charge in [0.15, 0.2) is 0 Å². The summed E-state index contributed by atoms with van der Waals surface area (Å²) in [6, 6.07) is 81.6. The number of para-hydroxylation sites is 1. The molecule has 0 unspecified atom stereocenters. The summed E-state index contributed by atoms with van der Waals surface area (Å²) in [7, 11) is 0. The number of ether oxygens (including phenoxy) is 1. The molecule has 1 spiro atoms. The van der Waals surface area contributed by atoms with Gasteiger partial charge in [-0.25, -0.2) is 0 Å². The van der Waals surface area contributed by atoms with E-state index < -0.39 is 5.41 Å². The molecule has 0 N–H and O–H groups in total. The smallest absolute Gasteiger partial charge is 0.132 e. The maximum atomic E-state index is 6.82. The summed E-state index contributed by atoms with van der Waals surface area (Å²) in [5, 5.41) is 4.77. The van der Waals surface area contributed by atoms with Crippen LogP contribution in [-0.4, -0.2) is 0 Å². The summed E-state index contributed by atoms with van der Waals surface area (Å²) < 4.78 is 6.82. The Hall–Kier alpha value is -7.33. The van der Waals surface area contributed by atoms with Crippen molar-refractivity contribution < 1.29 is 4.74 Å². The molecule has 12 rings (SSSR count). The van der Waals surface area contributed by atoms with Gasteiger partial charge in [-0.05, 0) is 98.8 Å². The normalized spacial score (nSPS) is 13.2. The van der Waals surface area contributed by atoms with Gasteiger partial charge < -0.3 is 9.64 Å². The van der Waals surface area contributed by atoms with Gasteiger partial charge in [0.05, 0.1) is 16.8 Å². The number of fused-ring (bicyclic) bond motifs is 10. The van der Waals surface area contributed by atoms with E-state index in [0.29, 0.717) is 0 Å². The highest BCUT2D eigenvalue weighted by Gasteiger charge is 2.49. The largest absolute Gasteiger partial charge is 0.457 e. The molecule has 282 valence electrons. The number of hydrogen-bond acceptors (Lipinski definition) is 3. The Morgan fingerprint density at radius 2 is 0.933 bits per heavy atom. The first-order chi connectivity index (χ1) is 29.8. The molecule has 0 amide bonds. The summed E-state index contributed by atoms with van der Waals surface area (Å²) in [6.07, 6.45) is 0. The van der Waals surface area contributed by atoms with E-state index in [-0.39, 0.29) is 0 Å². The molecule has 0 radical (unpaired) electrons. The van der Waals surface area contributed by atoms with Gasteiger partial charge in [0, 0.05) is 37.4 Å². The van der Waals surface area contributed by atoms with Crippen LogP contribution in [0.3, 0.4) is 0 Å². The summed E-state index contributed by atoms with van der Waals surface area (Å²) >= 11 is 1.86. The predicted molar refractivity (Wildman–Crippen MR) is 250 cm³/mol. The highest BCUT2D eigenvalue weighted by molar-refractivity contribution is 7.99. The average molecular weight is 784 g/mol. The lowest BCUT2D eigenvalue weighted by atomic mass is 9.63. The van der Waals surface area contributed by atoms with E-state index in [4.69, 9.17) is 4.74 Å². The molecule has 2 aliphatic rings. The highest BCUT2D eigenvalue weighted by Crippen LogP contribution is 2.62. The lowest BCUT2D eigenvalue weighted by Gasteiger charge is -2.45. The SMILES string of the molecule is c1ccc(-c2ccc(N(c3cccc4ccccc34)c3ccc(-c4ccc5c(c4)C4(c6ccccc6O5)c5ccccc5Sc5ccccc54)c4ccccc34)cc2)cc1. The molecule has 0 fully saturated rings. The monoisotopic (exact) mass is 783 g/mol. The van der Waals surface area contributed by atoms with Gasteiger partial charge in [-0.15, -0.1) is 0 Å². The zero-order valence-electron chi connectivity index (χ0n) is 32.6. The van der Waals surface area contributed by atoms with E-state index in [1.165, 1.54) is 64.7 Å². The van der Waals surface area contributed by atoms with Crippen molar-refractivity contribution in [2.75, 3.05) is 4.90 Å². The van der Waals surface area contributed by atoms with Crippen LogP contribution < -0.4 is 9.64 Å². The number of hydrogen-bond donors (Lipinski definition) is 0. The highest BCUT2D eigenvalue weighted by atomic mass is 32.2. The molecule has 0 atom stereocenters. The summed E-state index contributed by atoms with van der Waals surface area (Å²) in [4.78, 5) is 4.97. The second-order valence-electron chi connectivity index (χ2n) is 15.6. The van der Waals surface area contributed by atoms with E-state index in [1.807, 2.05) is 11.8 Å². The first-order valence-electron chi connectivity index (χ1n) is 20.5. The number of anilines is 3. The van der Waals surface area contributed by atoms with Crippen molar-refractivity contribution in [2.45, 2.75) is 15.2 Å². The Balaban J connectivity index is 1.07. The van der Waals surface area contributed by atoms with Crippen molar-refractivity contribution in [3.63, 3.8) is 0 Å². The number of rotatable bonds is 5. The summed E-state index contributed by atoms with van der Waals surface area (Å²) in [6.45, 7) is 0. The molecule has 0 saturated carbocycles. The standard InChI is InChI=1S/C57H37NOS/c1-2-15-38(16-3-1)39-29-32-42(33-30-39)58(51-25-14-18-40-17-4-5-19-44(40)51)52-35-34-43(45-20-6-7-21-46(45)52)41-31-36-54-50(37-41)57(47-22-8-11-26-53(47)59-54)48-23-9-12-27-55(48)60-56-28-13-10-24-49(56)57/h1-37H. The molecule has 10 aromatic rings. The molecule has 60 heavy (non-hydrogen) atoms. The van der Waals surface area contributed by atoms with E-state index in [1.54, 1.807) is 0 Å². The average Bonchev–Trinajstić information content (AvgIpc) is 3.32. The van der Waals surface area contributed by atoms with Crippen LogP contribution in [0.15, 0.2) is 234 Å². The van der Waals surface area contributed by atoms with E-state index in [0.717, 1.165) is 39.7 Å². The molecule has 10 aromatic carbocycles. The van der Waals surface area contributed by atoms with Crippen LogP contribution >= 0.6 is 11.8 Å². The summed E-state index contributed by atoms with van der Waals surface area (Å²) in [5.41, 5.74) is 12.4. The minimum Gasteiger partial charge on any atom is -0.457 e. The fourth-order valence-electron chi connectivity index (χ4n) is 9.76. The van der Waals surface area contributed by atoms with Gasteiger partial charge in [-0.3, -0.25) is 0 Å². The lowest BCUT2D eigenvalue weighted by Crippen LogP contribution is -2.36. The first kappa shape index (κ1) is 34.7. The van der Waals surface area contributed by atoms with Crippen LogP contribution in [0.25, 0.3) is 43.8 Å². The molecule has 3 heteroatoms. The second kappa shape index (κ2) is 13.9. The fourth-order valence-corrected chi connectivity index (χ4v) is 11.0. The van der Waals surface area contributed by atoms with Crippen LogP contribution in [0.4, 0.5) is 17.1 Å². The van der Waals surface area contributed by atoms with Crippen LogP contribution in [-0.2, 0) is 5.41 Å². The Kier molecular flexibility index (Phi) is 8.04. The Bertz CT molecular complexity index is 3170. The van der Waals surface area contributed by atoms with E-state index >= 15 is 0 Å². The van der Waals surface area contributed by atoms with Gasteiger partial charge in [0.25, 0.3) is 0 Å². The fraction of sp³-hybridized carbons (Fsp3) is 0.0175. The Morgan fingerprint density at radius 1 is 0.367 bits per heavy atom. The minimum atomic E-state index is -0.564. The molecular weight excluding hydrogens is 747 g/mol. The van der Waals surface area contributed by atoms with E-state index in [9.17, 15) is 0 Å².